The summed E-state index contributed by atoms with van der Waals surface area (Å²) >= 11 is 0. The molecule has 3 nitrogen and oxygen atoms in total. The lowest BCUT2D eigenvalue weighted by atomic mass is 10.1. The maximum atomic E-state index is 12.7. The average Bonchev–Trinajstić information content (AvgIpc) is 2.51. The van der Waals surface area contributed by atoms with Crippen molar-refractivity contribution in [3.05, 3.63) is 42.0 Å². The van der Waals surface area contributed by atoms with E-state index in [1.807, 2.05) is 6.07 Å². The van der Waals surface area contributed by atoms with Crippen LogP contribution in [0.2, 0.25) is 0 Å². The van der Waals surface area contributed by atoms with Crippen molar-refractivity contribution >= 4 is 12.0 Å². The molecule has 0 radical (unpaired) electrons. The van der Waals surface area contributed by atoms with Crippen molar-refractivity contribution in [2.24, 2.45) is 0 Å². The second-order valence-corrected chi connectivity index (χ2v) is 5.17. The van der Waals surface area contributed by atoms with Gasteiger partial charge in [-0.05, 0) is 24.5 Å². The fraction of sp³-hybridized carbons (Fsp3) is 0.438. The summed E-state index contributed by atoms with van der Waals surface area (Å²) in [4.78, 5) is 13.1. The van der Waals surface area contributed by atoms with Crippen LogP contribution in [0.15, 0.2) is 36.4 Å². The van der Waals surface area contributed by atoms with Gasteiger partial charge in [-0.25, -0.2) is 0 Å². The molecule has 0 aliphatic carbocycles. The molecule has 1 heterocycles. The van der Waals surface area contributed by atoms with Crippen molar-refractivity contribution in [1.29, 1.82) is 0 Å². The van der Waals surface area contributed by atoms with Crippen LogP contribution in [0.3, 0.4) is 0 Å². The van der Waals surface area contributed by atoms with Gasteiger partial charge in [-0.2, -0.15) is 13.2 Å². The minimum Gasteiger partial charge on any atom is -0.381 e. The lowest BCUT2D eigenvalue weighted by Crippen LogP contribution is -2.47. The highest BCUT2D eigenvalue weighted by Gasteiger charge is 2.36. The Bertz CT molecular complexity index is 508. The van der Waals surface area contributed by atoms with Gasteiger partial charge in [0.15, 0.2) is 0 Å². The molecule has 1 saturated heterocycles. The first kappa shape index (κ1) is 16.5. The molecule has 1 aliphatic rings. The topological polar surface area (TPSA) is 29.5 Å². The first-order valence-electron chi connectivity index (χ1n) is 7.14. The molecule has 120 valence electrons. The largest absolute Gasteiger partial charge is 0.406 e. The predicted molar refractivity (Wildman–Crippen MR) is 77.1 cm³/mol. The number of amides is 1. The van der Waals surface area contributed by atoms with E-state index in [9.17, 15) is 18.0 Å². The van der Waals surface area contributed by atoms with Crippen LogP contribution in [0.4, 0.5) is 13.2 Å². The molecule has 0 spiro atoms. The summed E-state index contributed by atoms with van der Waals surface area (Å²) in [5.74, 6) is -0.618. The summed E-state index contributed by atoms with van der Waals surface area (Å²) in [7, 11) is 0. The van der Waals surface area contributed by atoms with Crippen molar-refractivity contribution in [1.82, 2.24) is 4.90 Å². The second-order valence-electron chi connectivity index (χ2n) is 5.17. The van der Waals surface area contributed by atoms with E-state index in [1.165, 1.54) is 12.2 Å². The second kappa shape index (κ2) is 7.45. The number of benzene rings is 1. The fourth-order valence-corrected chi connectivity index (χ4v) is 2.40. The van der Waals surface area contributed by atoms with E-state index < -0.39 is 24.7 Å². The Balaban J connectivity index is 2.09. The quantitative estimate of drug-likeness (QED) is 0.799. The van der Waals surface area contributed by atoms with Crippen molar-refractivity contribution in [3.63, 3.8) is 0 Å². The van der Waals surface area contributed by atoms with Crippen LogP contribution in [0, 0.1) is 0 Å². The van der Waals surface area contributed by atoms with Gasteiger partial charge in [0.25, 0.3) is 0 Å². The first-order valence-corrected chi connectivity index (χ1v) is 7.14. The molecule has 0 unspecified atom stereocenters. The van der Waals surface area contributed by atoms with Crippen LogP contribution >= 0.6 is 0 Å². The van der Waals surface area contributed by atoms with E-state index in [4.69, 9.17) is 4.74 Å². The molecule has 1 aliphatic heterocycles. The highest BCUT2D eigenvalue weighted by molar-refractivity contribution is 5.92. The number of halogens is 3. The number of ether oxygens (including phenoxy) is 1. The van der Waals surface area contributed by atoms with E-state index in [-0.39, 0.29) is 0 Å². The Kier molecular flexibility index (Phi) is 5.60. The summed E-state index contributed by atoms with van der Waals surface area (Å²) < 4.78 is 43.4. The molecule has 1 amide bonds. The fourth-order valence-electron chi connectivity index (χ4n) is 2.40. The van der Waals surface area contributed by atoms with E-state index >= 15 is 0 Å². The Morgan fingerprint density at radius 2 is 1.86 bits per heavy atom. The molecular weight excluding hydrogens is 295 g/mol. The average molecular weight is 313 g/mol. The van der Waals surface area contributed by atoms with Crippen LogP contribution in [0.25, 0.3) is 6.08 Å². The molecule has 1 fully saturated rings. The third kappa shape index (κ3) is 5.18. The monoisotopic (exact) mass is 313 g/mol. The summed E-state index contributed by atoms with van der Waals surface area (Å²) in [5.41, 5.74) is 0.773. The van der Waals surface area contributed by atoms with E-state index in [0.717, 1.165) is 10.5 Å². The number of carbonyl (C=O) groups is 1. The first-order chi connectivity index (χ1) is 10.5. The van der Waals surface area contributed by atoms with Crippen LogP contribution in [0.1, 0.15) is 18.4 Å². The molecule has 1 aromatic rings. The van der Waals surface area contributed by atoms with Crippen LogP contribution in [-0.4, -0.2) is 42.8 Å². The Morgan fingerprint density at radius 3 is 2.45 bits per heavy atom. The lowest BCUT2D eigenvalue weighted by Gasteiger charge is -2.34. The zero-order valence-corrected chi connectivity index (χ0v) is 12.1. The Morgan fingerprint density at radius 1 is 1.23 bits per heavy atom. The number of alkyl halides is 3. The van der Waals surface area contributed by atoms with Gasteiger partial charge >= 0.3 is 6.18 Å². The maximum absolute atomic E-state index is 12.7. The van der Waals surface area contributed by atoms with Crippen LogP contribution in [-0.2, 0) is 9.53 Å². The minimum atomic E-state index is -4.41. The molecule has 0 N–H and O–H groups in total. The Hall–Kier alpha value is -1.82. The van der Waals surface area contributed by atoms with Crippen LogP contribution in [0.5, 0.6) is 0 Å². The maximum Gasteiger partial charge on any atom is 0.406 e. The number of carbonyl (C=O) groups excluding carboxylic acids is 1. The molecule has 0 bridgehead atoms. The molecule has 2 rings (SSSR count). The summed E-state index contributed by atoms with van der Waals surface area (Å²) in [5, 5.41) is 0. The van der Waals surface area contributed by atoms with Gasteiger partial charge in [0, 0.05) is 25.3 Å². The summed E-state index contributed by atoms with van der Waals surface area (Å²) in [6.07, 6.45) is -0.807. The van der Waals surface area contributed by atoms with Crippen molar-refractivity contribution in [2.75, 3.05) is 19.8 Å². The van der Waals surface area contributed by atoms with Crippen molar-refractivity contribution < 1.29 is 22.7 Å². The van der Waals surface area contributed by atoms with Gasteiger partial charge < -0.3 is 9.64 Å². The molecule has 6 heteroatoms. The molecule has 1 aromatic carbocycles. The zero-order valence-electron chi connectivity index (χ0n) is 12.1. The molecule has 0 atom stereocenters. The zero-order chi connectivity index (χ0) is 16.0. The van der Waals surface area contributed by atoms with Crippen molar-refractivity contribution in [3.8, 4) is 0 Å². The third-order valence-electron chi connectivity index (χ3n) is 3.48. The number of hydrogen-bond donors (Lipinski definition) is 0. The van der Waals surface area contributed by atoms with Gasteiger partial charge in [-0.15, -0.1) is 0 Å². The van der Waals surface area contributed by atoms with E-state index in [2.05, 4.69) is 0 Å². The van der Waals surface area contributed by atoms with Gasteiger partial charge in [0.1, 0.15) is 6.54 Å². The normalized spacial score (nSPS) is 16.9. The van der Waals surface area contributed by atoms with E-state index in [1.54, 1.807) is 24.3 Å². The van der Waals surface area contributed by atoms with Gasteiger partial charge in [0.05, 0.1) is 0 Å². The number of nitrogens with zero attached hydrogens (tertiary/aromatic N) is 1. The standard InChI is InChI=1S/C16H18F3NO2/c17-16(18,19)12-20(14-8-10-22-11-9-14)15(21)7-6-13-4-2-1-3-5-13/h1-7,14H,8-12H2/b7-6+. The highest BCUT2D eigenvalue weighted by atomic mass is 19.4. The molecule has 0 aromatic heterocycles. The summed E-state index contributed by atoms with van der Waals surface area (Å²) in [6.45, 7) is -0.459. The van der Waals surface area contributed by atoms with Gasteiger partial charge in [-0.1, -0.05) is 30.3 Å². The predicted octanol–water partition coefficient (Wildman–Crippen LogP) is 3.27. The minimum absolute atomic E-state index is 0.384. The number of hydrogen-bond acceptors (Lipinski definition) is 2. The number of rotatable bonds is 4. The van der Waals surface area contributed by atoms with Gasteiger partial charge in [0.2, 0.25) is 5.91 Å². The molecular formula is C16H18F3NO2. The Labute approximate surface area is 127 Å². The smallest absolute Gasteiger partial charge is 0.381 e. The van der Waals surface area contributed by atoms with Crippen LogP contribution < -0.4 is 0 Å². The SMILES string of the molecule is O=C(/C=C/c1ccccc1)N(CC(F)(F)F)C1CCOCC1. The highest BCUT2D eigenvalue weighted by Crippen LogP contribution is 2.22. The molecule has 22 heavy (non-hydrogen) atoms. The third-order valence-corrected chi connectivity index (χ3v) is 3.48. The molecule has 0 saturated carbocycles. The summed E-state index contributed by atoms with van der Waals surface area (Å²) in [6, 6.07) is 8.57. The van der Waals surface area contributed by atoms with Crippen molar-refractivity contribution in [2.45, 2.75) is 25.1 Å². The van der Waals surface area contributed by atoms with Gasteiger partial charge in [-0.3, -0.25) is 4.79 Å². The lowest BCUT2D eigenvalue weighted by molar-refractivity contribution is -0.165. The van der Waals surface area contributed by atoms with E-state index in [0.29, 0.717) is 26.1 Å².